The van der Waals surface area contributed by atoms with Crippen LogP contribution in [0.2, 0.25) is 0 Å². The van der Waals surface area contributed by atoms with Gasteiger partial charge < -0.3 is 10.6 Å². The molecule has 102 valence electrons. The van der Waals surface area contributed by atoms with Gasteiger partial charge in [0.2, 0.25) is 5.82 Å². The van der Waals surface area contributed by atoms with Crippen molar-refractivity contribution in [2.75, 3.05) is 10.6 Å². The minimum Gasteiger partial charge on any atom is -0.367 e. The Morgan fingerprint density at radius 1 is 1.21 bits per heavy atom. The highest BCUT2D eigenvalue weighted by Gasteiger charge is 2.35. The van der Waals surface area contributed by atoms with Gasteiger partial charge in [-0.1, -0.05) is 13.8 Å². The third-order valence-corrected chi connectivity index (χ3v) is 3.94. The van der Waals surface area contributed by atoms with Gasteiger partial charge in [-0.25, -0.2) is 4.98 Å². The molecule has 0 saturated heterocycles. The molecule has 0 radical (unpaired) electrons. The highest BCUT2D eigenvalue weighted by atomic mass is 16.6. The van der Waals surface area contributed by atoms with Crippen LogP contribution in [0, 0.1) is 22.0 Å². The number of nitro groups is 1. The third-order valence-electron chi connectivity index (χ3n) is 3.94. The highest BCUT2D eigenvalue weighted by molar-refractivity contribution is 5.61. The summed E-state index contributed by atoms with van der Waals surface area (Å²) in [4.78, 5) is 15.0. The van der Waals surface area contributed by atoms with E-state index in [1.165, 1.54) is 6.07 Å². The number of nitrogens with one attached hydrogen (secondary N) is 2. The fourth-order valence-electron chi connectivity index (χ4n) is 2.20. The number of nitrogens with zero attached hydrogens (tertiary/aromatic N) is 2. The molecular formula is C13H18N4O2. The van der Waals surface area contributed by atoms with Gasteiger partial charge in [0.15, 0.2) is 0 Å². The average molecular weight is 262 g/mol. The van der Waals surface area contributed by atoms with Gasteiger partial charge in [-0.2, -0.15) is 0 Å². The maximum absolute atomic E-state index is 11.0. The first-order valence-corrected chi connectivity index (χ1v) is 6.73. The van der Waals surface area contributed by atoms with Crippen molar-refractivity contribution in [1.82, 2.24) is 4.98 Å². The van der Waals surface area contributed by atoms with E-state index in [1.54, 1.807) is 6.07 Å². The minimum absolute atomic E-state index is 0.0495. The van der Waals surface area contributed by atoms with Gasteiger partial charge in [0, 0.05) is 18.2 Å². The summed E-state index contributed by atoms with van der Waals surface area (Å²) >= 11 is 0. The van der Waals surface area contributed by atoms with E-state index < -0.39 is 0 Å². The first-order valence-electron chi connectivity index (χ1n) is 6.73. The van der Waals surface area contributed by atoms with Crippen LogP contribution in [0.25, 0.3) is 0 Å². The molecule has 3 rings (SSSR count). The van der Waals surface area contributed by atoms with Crippen molar-refractivity contribution < 1.29 is 4.92 Å². The minimum atomic E-state index is -0.383. The van der Waals surface area contributed by atoms with Crippen LogP contribution in [0.5, 0.6) is 0 Å². The van der Waals surface area contributed by atoms with Crippen molar-refractivity contribution in [3.05, 3.63) is 22.2 Å². The molecule has 0 amide bonds. The van der Waals surface area contributed by atoms with Gasteiger partial charge >= 0.3 is 5.69 Å². The Morgan fingerprint density at radius 2 is 1.79 bits per heavy atom. The van der Waals surface area contributed by atoms with E-state index in [2.05, 4.69) is 29.5 Å². The Morgan fingerprint density at radius 3 is 2.32 bits per heavy atom. The van der Waals surface area contributed by atoms with E-state index in [9.17, 15) is 10.1 Å². The Balaban J connectivity index is 1.79. The van der Waals surface area contributed by atoms with Crippen LogP contribution in [-0.2, 0) is 0 Å². The first kappa shape index (κ1) is 12.2. The molecule has 1 heterocycles. The lowest BCUT2D eigenvalue weighted by atomic mass is 10.3. The molecule has 6 heteroatoms. The molecule has 19 heavy (non-hydrogen) atoms. The second-order valence-electron chi connectivity index (χ2n) is 5.75. The summed E-state index contributed by atoms with van der Waals surface area (Å²) in [5.41, 5.74) is 0.0495. The molecular weight excluding hydrogens is 244 g/mol. The molecule has 2 N–H and O–H groups in total. The van der Waals surface area contributed by atoms with Crippen molar-refractivity contribution in [1.29, 1.82) is 0 Å². The smallest absolute Gasteiger partial charge is 0.311 e. The van der Waals surface area contributed by atoms with E-state index in [4.69, 9.17) is 0 Å². The first-order chi connectivity index (χ1) is 9.04. The monoisotopic (exact) mass is 262 g/mol. The molecule has 4 atom stereocenters. The zero-order valence-electron chi connectivity index (χ0n) is 11.1. The van der Waals surface area contributed by atoms with Crippen LogP contribution in [-0.4, -0.2) is 22.0 Å². The Labute approximate surface area is 111 Å². The standard InChI is InChI=1S/C13H18N4O2/c1-7-5-9(7)14-12-4-3-11(17(18)19)13(16-12)15-10-6-8(10)2/h3-4,7-10H,5-6H2,1-2H3,(H2,14,15,16). The number of rotatable bonds is 5. The van der Waals surface area contributed by atoms with Crippen molar-refractivity contribution in [2.45, 2.75) is 38.8 Å². The van der Waals surface area contributed by atoms with Gasteiger partial charge in [-0.05, 0) is 30.7 Å². The maximum Gasteiger partial charge on any atom is 0.311 e. The van der Waals surface area contributed by atoms with Crippen molar-refractivity contribution in [3.63, 3.8) is 0 Å². The quantitative estimate of drug-likeness (QED) is 0.630. The normalized spacial score (nSPS) is 31.7. The van der Waals surface area contributed by atoms with Crippen LogP contribution in [0.15, 0.2) is 12.1 Å². The Bertz CT molecular complexity index is 519. The van der Waals surface area contributed by atoms with E-state index in [-0.39, 0.29) is 10.6 Å². The molecule has 2 aliphatic rings. The fraction of sp³-hybridized carbons (Fsp3) is 0.615. The number of anilines is 2. The number of pyridine rings is 1. The number of hydrogen-bond donors (Lipinski definition) is 2. The average Bonchev–Trinajstić information content (AvgIpc) is 3.21. The summed E-state index contributed by atoms with van der Waals surface area (Å²) in [6.07, 6.45) is 2.19. The lowest BCUT2D eigenvalue weighted by molar-refractivity contribution is -0.384. The number of aromatic nitrogens is 1. The highest BCUT2D eigenvalue weighted by Crippen LogP contribution is 2.36. The van der Waals surface area contributed by atoms with Crippen molar-refractivity contribution in [3.8, 4) is 0 Å². The second-order valence-corrected chi connectivity index (χ2v) is 5.75. The zero-order valence-corrected chi connectivity index (χ0v) is 11.1. The summed E-state index contributed by atoms with van der Waals surface area (Å²) in [6.45, 7) is 4.30. The predicted octanol–water partition coefficient (Wildman–Crippen LogP) is 2.63. The van der Waals surface area contributed by atoms with Gasteiger partial charge in [0.1, 0.15) is 5.82 Å². The summed E-state index contributed by atoms with van der Waals surface area (Å²) < 4.78 is 0. The summed E-state index contributed by atoms with van der Waals surface area (Å²) in [5, 5.41) is 17.5. The molecule has 0 aliphatic heterocycles. The molecule has 2 fully saturated rings. The van der Waals surface area contributed by atoms with Crippen LogP contribution >= 0.6 is 0 Å². The van der Waals surface area contributed by atoms with E-state index in [0.717, 1.165) is 18.7 Å². The molecule has 1 aromatic rings. The molecule has 6 nitrogen and oxygen atoms in total. The van der Waals surface area contributed by atoms with Crippen LogP contribution < -0.4 is 10.6 Å². The molecule has 1 aromatic heterocycles. The Hall–Kier alpha value is -1.85. The third kappa shape index (κ3) is 2.62. The second kappa shape index (κ2) is 4.36. The lowest BCUT2D eigenvalue weighted by Gasteiger charge is -2.09. The molecule has 2 saturated carbocycles. The SMILES string of the molecule is CC1CC1Nc1ccc([N+](=O)[O-])c(NC2CC2C)n1. The van der Waals surface area contributed by atoms with Gasteiger partial charge in [-0.3, -0.25) is 10.1 Å². The van der Waals surface area contributed by atoms with Crippen LogP contribution in [0.4, 0.5) is 17.3 Å². The molecule has 2 aliphatic carbocycles. The van der Waals surface area contributed by atoms with Crippen LogP contribution in [0.1, 0.15) is 26.7 Å². The Kier molecular flexibility index (Phi) is 2.80. The van der Waals surface area contributed by atoms with Crippen molar-refractivity contribution in [2.24, 2.45) is 11.8 Å². The van der Waals surface area contributed by atoms with Crippen LogP contribution in [0.3, 0.4) is 0 Å². The van der Waals surface area contributed by atoms with Gasteiger partial charge in [0.25, 0.3) is 0 Å². The van der Waals surface area contributed by atoms with E-state index in [0.29, 0.717) is 29.7 Å². The fourth-order valence-corrected chi connectivity index (χ4v) is 2.20. The molecule has 0 bridgehead atoms. The maximum atomic E-state index is 11.0. The topological polar surface area (TPSA) is 80.1 Å². The lowest BCUT2D eigenvalue weighted by Crippen LogP contribution is -2.11. The molecule has 4 unspecified atom stereocenters. The predicted molar refractivity (Wildman–Crippen MR) is 73.3 cm³/mol. The van der Waals surface area contributed by atoms with Gasteiger partial charge in [0.05, 0.1) is 4.92 Å². The summed E-state index contributed by atoms with van der Waals surface area (Å²) in [6, 6.07) is 3.99. The van der Waals surface area contributed by atoms with Crippen molar-refractivity contribution >= 4 is 17.3 Å². The molecule has 0 spiro atoms. The number of hydrogen-bond acceptors (Lipinski definition) is 5. The van der Waals surface area contributed by atoms with Gasteiger partial charge in [-0.15, -0.1) is 0 Å². The largest absolute Gasteiger partial charge is 0.367 e. The zero-order chi connectivity index (χ0) is 13.6. The van der Waals surface area contributed by atoms with E-state index >= 15 is 0 Å². The summed E-state index contributed by atoms with van der Waals surface area (Å²) in [5.74, 6) is 2.34. The van der Waals surface area contributed by atoms with E-state index in [1.807, 2.05) is 0 Å². The molecule has 0 aromatic carbocycles. The summed E-state index contributed by atoms with van der Waals surface area (Å²) in [7, 11) is 0.